The molecule has 6 nitrogen and oxygen atoms in total. The lowest BCUT2D eigenvalue weighted by molar-refractivity contribution is 1.19. The maximum Gasteiger partial charge on any atom is 0.271 e. The molecule has 2 aromatic heterocycles. The van der Waals surface area contributed by atoms with E-state index in [-0.39, 0.29) is 16.3 Å². The SMILES string of the molecule is Cc1cc(N=S(C)C)cc2ncnc(Nc3ccc[nH]c3=O)c12. The Labute approximate surface area is 136 Å². The lowest BCUT2D eigenvalue weighted by atomic mass is 10.1. The predicted molar refractivity (Wildman–Crippen MR) is 95.9 cm³/mol. The standard InChI is InChI=1S/C16H17N5OS/c1-10-7-11(21-23(2)3)8-13-14(10)15(19-9-18-13)20-12-5-4-6-17-16(12)22/h4-9H,1-3H3,(H,17,22)(H,18,19,20). The number of pyridine rings is 1. The third-order valence-corrected chi connectivity index (χ3v) is 3.86. The van der Waals surface area contributed by atoms with E-state index in [1.165, 1.54) is 6.33 Å². The first-order valence-electron chi connectivity index (χ1n) is 7.04. The molecule has 3 rings (SSSR count). The Bertz CT molecular complexity index is 960. The number of rotatable bonds is 3. The van der Waals surface area contributed by atoms with Gasteiger partial charge < -0.3 is 10.3 Å². The second-order valence-corrected chi connectivity index (χ2v) is 7.01. The van der Waals surface area contributed by atoms with Gasteiger partial charge in [0.2, 0.25) is 0 Å². The Kier molecular flexibility index (Phi) is 4.20. The zero-order valence-corrected chi connectivity index (χ0v) is 13.9. The van der Waals surface area contributed by atoms with E-state index in [2.05, 4.69) is 37.1 Å². The smallest absolute Gasteiger partial charge is 0.271 e. The van der Waals surface area contributed by atoms with Crippen LogP contribution in [0.4, 0.5) is 17.2 Å². The van der Waals surface area contributed by atoms with E-state index in [0.29, 0.717) is 11.5 Å². The number of aromatic amines is 1. The van der Waals surface area contributed by atoms with Crippen LogP contribution in [0.5, 0.6) is 0 Å². The van der Waals surface area contributed by atoms with Gasteiger partial charge in [0.25, 0.3) is 5.56 Å². The number of anilines is 2. The molecular weight excluding hydrogens is 310 g/mol. The van der Waals surface area contributed by atoms with Crippen molar-refractivity contribution >= 4 is 38.8 Å². The highest BCUT2D eigenvalue weighted by Gasteiger charge is 2.10. The third-order valence-electron chi connectivity index (χ3n) is 3.28. The van der Waals surface area contributed by atoms with Gasteiger partial charge in [0.1, 0.15) is 17.8 Å². The van der Waals surface area contributed by atoms with Crippen LogP contribution in [0.2, 0.25) is 0 Å². The number of aromatic nitrogens is 3. The number of hydrogen-bond donors (Lipinski definition) is 2. The van der Waals surface area contributed by atoms with Crippen LogP contribution in [0.25, 0.3) is 10.9 Å². The second kappa shape index (κ2) is 6.29. The molecule has 23 heavy (non-hydrogen) atoms. The largest absolute Gasteiger partial charge is 0.335 e. The molecule has 0 atom stereocenters. The van der Waals surface area contributed by atoms with Crippen molar-refractivity contribution in [1.29, 1.82) is 0 Å². The van der Waals surface area contributed by atoms with Gasteiger partial charge in [-0.15, -0.1) is 10.7 Å². The van der Waals surface area contributed by atoms with Gasteiger partial charge in [-0.05, 0) is 49.3 Å². The molecule has 0 bridgehead atoms. The highest BCUT2D eigenvalue weighted by atomic mass is 32.2. The molecule has 3 aromatic rings. The fourth-order valence-corrected chi connectivity index (χ4v) is 2.91. The summed E-state index contributed by atoms with van der Waals surface area (Å²) in [4.78, 5) is 23.1. The Balaban J connectivity index is 2.14. The zero-order valence-electron chi connectivity index (χ0n) is 13.1. The van der Waals surface area contributed by atoms with E-state index in [9.17, 15) is 4.79 Å². The number of benzene rings is 1. The molecule has 0 saturated heterocycles. The topological polar surface area (TPSA) is 83.0 Å². The molecule has 7 heteroatoms. The Morgan fingerprint density at radius 1 is 1.26 bits per heavy atom. The maximum absolute atomic E-state index is 11.8. The first-order valence-corrected chi connectivity index (χ1v) is 9.04. The molecule has 0 aliphatic rings. The van der Waals surface area contributed by atoms with Gasteiger partial charge in [-0.1, -0.05) is 0 Å². The van der Waals surface area contributed by atoms with Gasteiger partial charge in [0.05, 0.1) is 11.2 Å². The van der Waals surface area contributed by atoms with Crippen molar-refractivity contribution in [2.24, 2.45) is 4.36 Å². The third kappa shape index (κ3) is 3.29. The molecule has 0 amide bonds. The predicted octanol–water partition coefficient (Wildman–Crippen LogP) is 3.06. The number of aryl methyl sites for hydroxylation is 1. The minimum absolute atomic E-state index is 0.0371. The summed E-state index contributed by atoms with van der Waals surface area (Å²) >= 11 is 0. The van der Waals surface area contributed by atoms with Gasteiger partial charge in [-0.2, -0.15) is 0 Å². The van der Waals surface area contributed by atoms with E-state index in [0.717, 1.165) is 22.2 Å². The fraction of sp³-hybridized carbons (Fsp3) is 0.188. The number of hydrogen-bond acceptors (Lipinski definition) is 5. The lowest BCUT2D eigenvalue weighted by Gasteiger charge is -2.10. The Morgan fingerprint density at radius 2 is 2.09 bits per heavy atom. The van der Waals surface area contributed by atoms with Gasteiger partial charge in [-0.3, -0.25) is 4.79 Å². The second-order valence-electron chi connectivity index (χ2n) is 5.28. The summed E-state index contributed by atoms with van der Waals surface area (Å²) in [6.45, 7) is 1.99. The number of fused-ring (bicyclic) bond motifs is 1. The summed E-state index contributed by atoms with van der Waals surface area (Å²) < 4.78 is 4.59. The number of nitrogens with zero attached hydrogens (tertiary/aromatic N) is 3. The highest BCUT2D eigenvalue weighted by Crippen LogP contribution is 2.29. The van der Waals surface area contributed by atoms with Crippen molar-refractivity contribution in [1.82, 2.24) is 15.0 Å². The summed E-state index contributed by atoms with van der Waals surface area (Å²) in [7, 11) is -0.0371. The summed E-state index contributed by atoms with van der Waals surface area (Å²) in [6.07, 6.45) is 7.21. The van der Waals surface area contributed by atoms with Crippen LogP contribution >= 0.6 is 0 Å². The summed E-state index contributed by atoms with van der Waals surface area (Å²) in [5.41, 5.74) is 2.99. The van der Waals surface area contributed by atoms with E-state index < -0.39 is 0 Å². The van der Waals surface area contributed by atoms with Crippen LogP contribution < -0.4 is 10.9 Å². The van der Waals surface area contributed by atoms with Crippen LogP contribution in [0.3, 0.4) is 0 Å². The van der Waals surface area contributed by atoms with Crippen molar-refractivity contribution in [2.75, 3.05) is 17.8 Å². The molecule has 0 spiro atoms. The molecule has 118 valence electrons. The van der Waals surface area contributed by atoms with Crippen molar-refractivity contribution in [3.63, 3.8) is 0 Å². The molecular formula is C16H17N5OS. The van der Waals surface area contributed by atoms with Crippen molar-refractivity contribution in [3.8, 4) is 0 Å². The Hall–Kier alpha value is -2.54. The van der Waals surface area contributed by atoms with Gasteiger partial charge in [0.15, 0.2) is 0 Å². The molecule has 1 aromatic carbocycles. The molecule has 0 aliphatic heterocycles. The van der Waals surface area contributed by atoms with E-state index >= 15 is 0 Å². The van der Waals surface area contributed by atoms with Crippen LogP contribution in [-0.2, 0) is 10.7 Å². The number of nitrogens with one attached hydrogen (secondary N) is 2. The summed E-state index contributed by atoms with van der Waals surface area (Å²) in [6, 6.07) is 7.43. The Morgan fingerprint density at radius 3 is 2.83 bits per heavy atom. The minimum atomic E-state index is -0.190. The summed E-state index contributed by atoms with van der Waals surface area (Å²) in [5.74, 6) is 0.614. The van der Waals surface area contributed by atoms with E-state index in [1.54, 1.807) is 18.3 Å². The lowest BCUT2D eigenvalue weighted by Crippen LogP contribution is -2.11. The van der Waals surface area contributed by atoms with Crippen LogP contribution in [-0.4, -0.2) is 27.5 Å². The molecule has 2 N–H and O–H groups in total. The van der Waals surface area contributed by atoms with Crippen LogP contribution in [0.1, 0.15) is 5.56 Å². The quantitative estimate of drug-likeness (QED) is 0.774. The van der Waals surface area contributed by atoms with E-state index in [4.69, 9.17) is 0 Å². The molecule has 2 heterocycles. The minimum Gasteiger partial charge on any atom is -0.335 e. The molecule has 0 fully saturated rings. The van der Waals surface area contributed by atoms with E-state index in [1.807, 2.05) is 19.1 Å². The van der Waals surface area contributed by atoms with Crippen molar-refractivity contribution in [3.05, 3.63) is 52.7 Å². The van der Waals surface area contributed by atoms with Crippen molar-refractivity contribution in [2.45, 2.75) is 6.92 Å². The molecule has 0 saturated carbocycles. The van der Waals surface area contributed by atoms with Gasteiger partial charge in [-0.25, -0.2) is 14.3 Å². The molecule has 0 unspecified atom stereocenters. The average Bonchev–Trinajstić information content (AvgIpc) is 2.48. The average molecular weight is 327 g/mol. The zero-order chi connectivity index (χ0) is 16.4. The maximum atomic E-state index is 11.8. The monoisotopic (exact) mass is 327 g/mol. The highest BCUT2D eigenvalue weighted by molar-refractivity contribution is 7.85. The summed E-state index contributed by atoms with van der Waals surface area (Å²) in [5, 5.41) is 3.98. The normalized spacial score (nSPS) is 11.0. The molecule has 0 radical (unpaired) electrons. The van der Waals surface area contributed by atoms with Crippen molar-refractivity contribution < 1.29 is 0 Å². The first-order chi connectivity index (χ1) is 11.0. The van der Waals surface area contributed by atoms with Gasteiger partial charge >= 0.3 is 0 Å². The van der Waals surface area contributed by atoms with Crippen LogP contribution in [0.15, 0.2) is 45.9 Å². The fourth-order valence-electron chi connectivity index (χ4n) is 2.38. The first kappa shape index (κ1) is 15.4. The molecule has 0 aliphatic carbocycles. The number of H-pyrrole nitrogens is 1. The van der Waals surface area contributed by atoms with Gasteiger partial charge in [0, 0.05) is 11.6 Å². The van der Waals surface area contributed by atoms with Crippen LogP contribution in [0, 0.1) is 6.92 Å².